The van der Waals surface area contributed by atoms with E-state index in [0.717, 1.165) is 12.0 Å². The monoisotopic (exact) mass is 516 g/mol. The number of phenolic OH excluding ortho intramolecular Hbond substituents is 1. The molecule has 0 spiro atoms. The zero-order chi connectivity index (χ0) is 26.9. The Morgan fingerprint density at radius 2 is 1.49 bits per heavy atom. The van der Waals surface area contributed by atoms with Crippen LogP contribution in [0.1, 0.15) is 50.6 Å². The Bertz CT molecular complexity index is 1550. The fourth-order valence-corrected chi connectivity index (χ4v) is 5.56. The molecule has 3 unspecified atom stereocenters. The molecule has 2 aliphatic rings. The topological polar surface area (TPSA) is 86.7 Å². The summed E-state index contributed by atoms with van der Waals surface area (Å²) in [6.07, 6.45) is 1.18. The number of ketones is 1. The number of carbonyl (C=O) groups is 3. The maximum Gasteiger partial charge on any atom is 0.252 e. The predicted octanol–water partition coefficient (Wildman–Crippen LogP) is 5.18. The van der Waals surface area contributed by atoms with Crippen molar-refractivity contribution in [1.82, 2.24) is 10.2 Å². The summed E-state index contributed by atoms with van der Waals surface area (Å²) in [5.74, 6) is -0.231. The van der Waals surface area contributed by atoms with E-state index in [2.05, 4.69) is 17.4 Å². The highest BCUT2D eigenvalue weighted by Gasteiger charge is 2.48. The number of hydrogen-bond donors (Lipinski definition) is 2. The number of benzene rings is 4. The van der Waals surface area contributed by atoms with Crippen molar-refractivity contribution in [3.05, 3.63) is 125 Å². The maximum absolute atomic E-state index is 13.6. The van der Waals surface area contributed by atoms with Gasteiger partial charge < -0.3 is 15.3 Å². The van der Waals surface area contributed by atoms with Crippen molar-refractivity contribution in [3.63, 3.8) is 0 Å². The number of likely N-dealkylation sites (tertiary alicyclic amines) is 1. The van der Waals surface area contributed by atoms with Crippen molar-refractivity contribution in [1.29, 1.82) is 0 Å². The molecule has 1 aliphatic carbocycles. The van der Waals surface area contributed by atoms with E-state index in [-0.39, 0.29) is 53.0 Å². The Labute approximate surface area is 226 Å². The lowest BCUT2D eigenvalue weighted by Crippen LogP contribution is -2.38. The number of rotatable bonds is 7. The van der Waals surface area contributed by atoms with Gasteiger partial charge in [-0.2, -0.15) is 0 Å². The van der Waals surface area contributed by atoms with Gasteiger partial charge in [0.05, 0.1) is 11.6 Å². The van der Waals surface area contributed by atoms with Crippen LogP contribution in [0.4, 0.5) is 0 Å². The number of aromatic hydroxyl groups is 1. The summed E-state index contributed by atoms with van der Waals surface area (Å²) in [6.45, 7) is 0.465. The first-order chi connectivity index (χ1) is 19.0. The molecule has 0 aromatic heterocycles. The zero-order valence-electron chi connectivity index (χ0n) is 21.3. The number of nitrogens with zero attached hydrogens (tertiary/aromatic N) is 1. The summed E-state index contributed by atoms with van der Waals surface area (Å²) in [7, 11) is 0. The van der Waals surface area contributed by atoms with Crippen LogP contribution in [0.2, 0.25) is 0 Å². The molecule has 0 radical (unpaired) electrons. The van der Waals surface area contributed by atoms with Crippen molar-refractivity contribution >= 4 is 17.6 Å². The smallest absolute Gasteiger partial charge is 0.252 e. The number of phenols is 1. The summed E-state index contributed by atoms with van der Waals surface area (Å²) >= 11 is 0. The molecule has 1 aliphatic heterocycles. The molecule has 4 aromatic rings. The molecule has 3 atom stereocenters. The Balaban J connectivity index is 1.17. The van der Waals surface area contributed by atoms with Crippen molar-refractivity contribution in [2.45, 2.75) is 30.8 Å². The lowest BCUT2D eigenvalue weighted by Gasteiger charge is -2.18. The standard InChI is InChI=1S/C33H28N2O4/c36-30-16-15-23(17-28(30)22-11-5-2-6-12-22)32(38)25-13-7-8-14-26(25)33(39)34-24-18-31(37)35(20-24)29-19-27(29)21-9-3-1-4-10-21/h1-17,24,27,29,36H,18-20H2,(H,34,39). The van der Waals surface area contributed by atoms with Gasteiger partial charge in [-0.1, -0.05) is 78.9 Å². The summed E-state index contributed by atoms with van der Waals surface area (Å²) in [5, 5.41) is 13.4. The van der Waals surface area contributed by atoms with Gasteiger partial charge in [0, 0.05) is 41.6 Å². The van der Waals surface area contributed by atoms with Crippen molar-refractivity contribution in [2.24, 2.45) is 0 Å². The Kier molecular flexibility index (Phi) is 6.45. The first kappa shape index (κ1) is 24.6. The van der Waals surface area contributed by atoms with Crippen molar-refractivity contribution in [2.75, 3.05) is 6.54 Å². The van der Waals surface area contributed by atoms with Gasteiger partial charge in [-0.3, -0.25) is 14.4 Å². The first-order valence-corrected chi connectivity index (χ1v) is 13.2. The highest BCUT2D eigenvalue weighted by molar-refractivity contribution is 6.15. The van der Waals surface area contributed by atoms with E-state index in [9.17, 15) is 19.5 Å². The second-order valence-electron chi connectivity index (χ2n) is 10.2. The lowest BCUT2D eigenvalue weighted by molar-refractivity contribution is -0.128. The summed E-state index contributed by atoms with van der Waals surface area (Å²) in [6, 6.07) is 30.8. The largest absolute Gasteiger partial charge is 0.507 e. The fraction of sp³-hybridized carbons (Fsp3) is 0.182. The number of carbonyl (C=O) groups excluding carboxylic acids is 3. The molecule has 1 saturated carbocycles. The third-order valence-electron chi connectivity index (χ3n) is 7.64. The minimum absolute atomic E-state index is 0.0469. The normalized spacial score (nSPS) is 20.1. The van der Waals surface area contributed by atoms with E-state index < -0.39 is 0 Å². The molecule has 2 amide bonds. The van der Waals surface area contributed by atoms with E-state index in [0.29, 0.717) is 23.6 Å². The van der Waals surface area contributed by atoms with Crippen LogP contribution in [0, 0.1) is 0 Å². The van der Waals surface area contributed by atoms with Crippen LogP contribution in [-0.4, -0.2) is 46.2 Å². The molecule has 6 heteroatoms. The molecular weight excluding hydrogens is 488 g/mol. The second kappa shape index (κ2) is 10.2. The van der Waals surface area contributed by atoms with Crippen LogP contribution in [0.15, 0.2) is 103 Å². The molecule has 2 N–H and O–H groups in total. The molecule has 6 rings (SSSR count). The van der Waals surface area contributed by atoms with Crippen LogP contribution >= 0.6 is 0 Å². The molecule has 1 heterocycles. The van der Waals surface area contributed by atoms with Crippen LogP contribution < -0.4 is 5.32 Å². The van der Waals surface area contributed by atoms with Crippen LogP contribution in [0.5, 0.6) is 5.75 Å². The second-order valence-corrected chi connectivity index (χ2v) is 10.2. The van der Waals surface area contributed by atoms with Gasteiger partial charge in [0.25, 0.3) is 5.91 Å². The molecular formula is C33H28N2O4. The molecule has 39 heavy (non-hydrogen) atoms. The number of amides is 2. The lowest BCUT2D eigenvalue weighted by atomic mass is 9.94. The minimum atomic E-state index is -0.379. The molecule has 1 saturated heterocycles. The van der Waals surface area contributed by atoms with Gasteiger partial charge >= 0.3 is 0 Å². The maximum atomic E-state index is 13.6. The zero-order valence-corrected chi connectivity index (χ0v) is 21.3. The highest BCUT2D eigenvalue weighted by Crippen LogP contribution is 2.46. The quantitative estimate of drug-likeness (QED) is 0.332. The SMILES string of the molecule is O=C(NC1CC(=O)N(C2CC2c2ccccc2)C1)c1ccccc1C(=O)c1ccc(O)c(-c2ccccc2)c1. The average molecular weight is 517 g/mol. The number of hydrogen-bond acceptors (Lipinski definition) is 4. The van der Waals surface area contributed by atoms with E-state index >= 15 is 0 Å². The van der Waals surface area contributed by atoms with Gasteiger partial charge in [0.1, 0.15) is 5.75 Å². The number of nitrogens with one attached hydrogen (secondary N) is 1. The average Bonchev–Trinajstić information content (AvgIpc) is 3.69. The van der Waals surface area contributed by atoms with Crippen LogP contribution in [0.25, 0.3) is 11.1 Å². The van der Waals surface area contributed by atoms with E-state index in [1.165, 1.54) is 11.6 Å². The van der Waals surface area contributed by atoms with Gasteiger partial charge in [0.2, 0.25) is 5.91 Å². The van der Waals surface area contributed by atoms with Crippen LogP contribution in [0.3, 0.4) is 0 Å². The van der Waals surface area contributed by atoms with E-state index in [1.54, 1.807) is 36.4 Å². The third-order valence-corrected chi connectivity index (χ3v) is 7.64. The van der Waals surface area contributed by atoms with E-state index in [1.807, 2.05) is 53.4 Å². The highest BCUT2D eigenvalue weighted by atomic mass is 16.3. The fourth-order valence-electron chi connectivity index (χ4n) is 5.56. The summed E-state index contributed by atoms with van der Waals surface area (Å²) in [4.78, 5) is 41.6. The first-order valence-electron chi connectivity index (χ1n) is 13.2. The Morgan fingerprint density at radius 1 is 0.821 bits per heavy atom. The predicted molar refractivity (Wildman–Crippen MR) is 149 cm³/mol. The Hall–Kier alpha value is -4.71. The third kappa shape index (κ3) is 4.93. The van der Waals surface area contributed by atoms with Gasteiger partial charge in [-0.25, -0.2) is 0 Å². The van der Waals surface area contributed by atoms with Crippen molar-refractivity contribution < 1.29 is 19.5 Å². The summed E-state index contributed by atoms with van der Waals surface area (Å²) in [5.41, 5.74) is 3.47. The van der Waals surface area contributed by atoms with Crippen molar-refractivity contribution in [3.8, 4) is 16.9 Å². The van der Waals surface area contributed by atoms with Gasteiger partial charge in [0.15, 0.2) is 5.78 Å². The molecule has 194 valence electrons. The van der Waals surface area contributed by atoms with Gasteiger partial charge in [-0.15, -0.1) is 0 Å². The molecule has 2 fully saturated rings. The molecule has 0 bridgehead atoms. The van der Waals surface area contributed by atoms with Crippen LogP contribution in [-0.2, 0) is 4.79 Å². The summed E-state index contributed by atoms with van der Waals surface area (Å²) < 4.78 is 0. The van der Waals surface area contributed by atoms with E-state index in [4.69, 9.17) is 0 Å². The van der Waals surface area contributed by atoms with Gasteiger partial charge in [-0.05, 0) is 41.8 Å². The molecule has 4 aromatic carbocycles. The molecule has 6 nitrogen and oxygen atoms in total. The minimum Gasteiger partial charge on any atom is -0.507 e. The Morgan fingerprint density at radius 3 is 2.23 bits per heavy atom.